The Morgan fingerprint density at radius 3 is 2.89 bits per heavy atom. The Balaban J connectivity index is 2.72. The third-order valence-electron chi connectivity index (χ3n) is 0.763. The number of carbonyl (C=O) groups excluding carboxylic acids is 1. The van der Waals surface area contributed by atoms with Crippen LogP contribution in [0.4, 0.5) is 4.79 Å². The van der Waals surface area contributed by atoms with E-state index in [4.69, 9.17) is 23.4 Å². The van der Waals surface area contributed by atoms with Gasteiger partial charge in [-0.1, -0.05) is 0 Å². The van der Waals surface area contributed by atoms with Crippen LogP contribution in [0.3, 0.4) is 0 Å². The lowest BCUT2D eigenvalue weighted by Gasteiger charge is -2.16. The zero-order chi connectivity index (χ0) is 6.85. The third-order valence-corrected chi connectivity index (χ3v) is 1.42. The monoisotopic (exact) mass is 167 g/mol. The highest BCUT2D eigenvalue weighted by atomic mass is 35.5. The zero-order valence-corrected chi connectivity index (χ0v) is 5.78. The molecule has 0 aliphatic carbocycles. The first-order valence-corrected chi connectivity index (χ1v) is 2.87. The van der Waals surface area contributed by atoms with Crippen LogP contribution in [0, 0.1) is 0 Å². The zero-order valence-electron chi connectivity index (χ0n) is 4.27. The van der Waals surface area contributed by atoms with E-state index in [1.54, 1.807) is 0 Å². The summed E-state index contributed by atoms with van der Waals surface area (Å²) < 4.78 is 1.10. The van der Waals surface area contributed by atoms with Crippen LogP contribution >= 0.6 is 23.4 Å². The van der Waals surface area contributed by atoms with E-state index in [0.29, 0.717) is 0 Å². The number of aliphatic imine (C=N–C) groups is 1. The summed E-state index contributed by atoms with van der Waals surface area (Å²) in [5, 5.41) is 2.35. The first kappa shape index (κ1) is 6.64. The lowest BCUT2D eigenvalue weighted by molar-refractivity contribution is 0.245. The summed E-state index contributed by atoms with van der Waals surface area (Å²) >= 11 is 10.7. The van der Waals surface area contributed by atoms with Gasteiger partial charge in [0.05, 0.1) is 0 Å². The lowest BCUT2D eigenvalue weighted by Crippen LogP contribution is -2.38. The molecule has 0 aromatic heterocycles. The van der Waals surface area contributed by atoms with Crippen LogP contribution in [0.2, 0.25) is 0 Å². The maximum absolute atomic E-state index is 10.4. The largest absolute Gasteiger partial charge is 0.345 e. The minimum Gasteiger partial charge on any atom is -0.317 e. The van der Waals surface area contributed by atoms with Crippen LogP contribution in [-0.4, -0.2) is 22.4 Å². The molecule has 1 aliphatic rings. The van der Waals surface area contributed by atoms with Gasteiger partial charge in [-0.3, -0.25) is 0 Å². The van der Waals surface area contributed by atoms with Crippen molar-refractivity contribution in [1.29, 1.82) is 0 Å². The minimum atomic E-state index is -0.461. The van der Waals surface area contributed by atoms with Crippen LogP contribution in [-0.2, 0) is 0 Å². The Morgan fingerprint density at radius 2 is 2.44 bits per heavy atom. The van der Waals surface area contributed by atoms with Crippen molar-refractivity contribution in [3.8, 4) is 0 Å². The molecule has 1 heterocycles. The van der Waals surface area contributed by atoms with Crippen molar-refractivity contribution in [2.24, 2.45) is 4.99 Å². The Morgan fingerprint density at radius 1 is 1.78 bits per heavy atom. The van der Waals surface area contributed by atoms with Crippen molar-refractivity contribution in [3.63, 3.8) is 0 Å². The molecule has 0 saturated heterocycles. The normalized spacial score (nSPS) is 19.1. The molecule has 0 radical (unpaired) electrons. The standard InChI is InChI=1S/C3H3Cl2N3O/c4-2-7-3(9)6-1-8(2)5/h1H2,(H,6,9). The van der Waals surface area contributed by atoms with Gasteiger partial charge in [-0.15, -0.1) is 0 Å². The molecule has 0 spiro atoms. The van der Waals surface area contributed by atoms with E-state index in [9.17, 15) is 4.79 Å². The molecule has 0 fully saturated rings. The molecule has 1 N–H and O–H groups in total. The molecule has 1 rings (SSSR count). The number of carbonyl (C=O) groups is 1. The van der Waals surface area contributed by atoms with Gasteiger partial charge in [-0.25, -0.2) is 9.21 Å². The van der Waals surface area contributed by atoms with Gasteiger partial charge in [0.2, 0.25) is 5.29 Å². The van der Waals surface area contributed by atoms with Gasteiger partial charge >= 0.3 is 6.03 Å². The molecule has 4 nitrogen and oxygen atoms in total. The molecule has 0 saturated carbocycles. The Bertz CT molecular complexity index is 168. The van der Waals surface area contributed by atoms with E-state index >= 15 is 0 Å². The number of rotatable bonds is 0. The van der Waals surface area contributed by atoms with E-state index in [1.165, 1.54) is 0 Å². The average molecular weight is 168 g/mol. The Labute approximate surface area is 61.5 Å². The Kier molecular flexibility index (Phi) is 1.78. The highest BCUT2D eigenvalue weighted by Gasteiger charge is 2.13. The summed E-state index contributed by atoms with van der Waals surface area (Å²) in [4.78, 5) is 13.6. The van der Waals surface area contributed by atoms with E-state index < -0.39 is 6.03 Å². The van der Waals surface area contributed by atoms with Crippen molar-refractivity contribution in [2.45, 2.75) is 0 Å². The van der Waals surface area contributed by atoms with Crippen LogP contribution in [0.1, 0.15) is 0 Å². The summed E-state index contributed by atoms with van der Waals surface area (Å²) in [6.45, 7) is 0.197. The summed E-state index contributed by atoms with van der Waals surface area (Å²) in [5.41, 5.74) is 0. The van der Waals surface area contributed by atoms with Crippen molar-refractivity contribution in [1.82, 2.24) is 9.74 Å². The summed E-state index contributed by atoms with van der Waals surface area (Å²) in [5.74, 6) is 0. The topological polar surface area (TPSA) is 44.7 Å². The smallest absolute Gasteiger partial charge is 0.317 e. The maximum atomic E-state index is 10.4. The second kappa shape index (κ2) is 2.41. The quantitative estimate of drug-likeness (QED) is 0.427. The number of amidine groups is 1. The fourth-order valence-electron chi connectivity index (χ4n) is 0.380. The van der Waals surface area contributed by atoms with Gasteiger partial charge in [0.15, 0.2) is 0 Å². The molecule has 0 bridgehead atoms. The number of hydrogen-bond acceptors (Lipinski definition) is 2. The molecular formula is C3H3Cl2N3O. The highest BCUT2D eigenvalue weighted by Crippen LogP contribution is 2.03. The number of nitrogens with zero attached hydrogens (tertiary/aromatic N) is 2. The minimum absolute atomic E-state index is 0.000386. The SMILES string of the molecule is O=C1N=C(Cl)N(Cl)CN1. The third kappa shape index (κ3) is 1.46. The van der Waals surface area contributed by atoms with E-state index in [0.717, 1.165) is 4.42 Å². The van der Waals surface area contributed by atoms with Gasteiger partial charge < -0.3 is 5.32 Å². The second-order valence-electron chi connectivity index (χ2n) is 1.38. The number of urea groups is 1. The van der Waals surface area contributed by atoms with Gasteiger partial charge in [0.1, 0.15) is 6.67 Å². The first-order chi connectivity index (χ1) is 4.20. The van der Waals surface area contributed by atoms with Crippen LogP contribution in [0.5, 0.6) is 0 Å². The summed E-state index contributed by atoms with van der Waals surface area (Å²) in [6.07, 6.45) is 0. The second-order valence-corrected chi connectivity index (χ2v) is 2.13. The molecule has 0 unspecified atom stereocenters. The predicted molar refractivity (Wildman–Crippen MR) is 34.4 cm³/mol. The molecule has 1 aliphatic heterocycles. The molecule has 50 valence electrons. The molecule has 2 amide bonds. The summed E-state index contributed by atoms with van der Waals surface area (Å²) in [7, 11) is 0. The fourth-order valence-corrected chi connectivity index (χ4v) is 0.614. The van der Waals surface area contributed by atoms with E-state index in [1.807, 2.05) is 0 Å². The predicted octanol–water partition coefficient (Wildman–Crippen LogP) is 0.718. The Hall–Kier alpha value is -0.480. The van der Waals surface area contributed by atoms with Crippen LogP contribution < -0.4 is 5.32 Å². The number of halogens is 2. The number of nitrogens with one attached hydrogen (secondary N) is 1. The molecule has 0 atom stereocenters. The van der Waals surface area contributed by atoms with Gasteiger partial charge in [0, 0.05) is 11.8 Å². The fraction of sp³-hybridized carbons (Fsp3) is 0.333. The molecule has 0 aromatic carbocycles. The van der Waals surface area contributed by atoms with E-state index in [-0.39, 0.29) is 12.0 Å². The van der Waals surface area contributed by atoms with Gasteiger partial charge in [-0.2, -0.15) is 4.99 Å². The van der Waals surface area contributed by atoms with Crippen molar-refractivity contribution < 1.29 is 4.79 Å². The van der Waals surface area contributed by atoms with Crippen molar-refractivity contribution in [2.75, 3.05) is 6.67 Å². The van der Waals surface area contributed by atoms with Crippen LogP contribution in [0.15, 0.2) is 4.99 Å². The number of amides is 2. The number of hydrogen-bond donors (Lipinski definition) is 1. The lowest BCUT2D eigenvalue weighted by atomic mass is 10.8. The van der Waals surface area contributed by atoms with Crippen molar-refractivity contribution in [3.05, 3.63) is 0 Å². The van der Waals surface area contributed by atoms with Gasteiger partial charge in [0.25, 0.3) is 0 Å². The van der Waals surface area contributed by atoms with Crippen LogP contribution in [0.25, 0.3) is 0 Å². The maximum Gasteiger partial charge on any atom is 0.345 e. The molecule has 6 heteroatoms. The molecule has 0 aromatic rings. The highest BCUT2D eigenvalue weighted by molar-refractivity contribution is 6.68. The van der Waals surface area contributed by atoms with Crippen molar-refractivity contribution >= 4 is 34.7 Å². The molecule has 9 heavy (non-hydrogen) atoms. The van der Waals surface area contributed by atoms with E-state index in [2.05, 4.69) is 10.3 Å². The van der Waals surface area contributed by atoms with Gasteiger partial charge in [-0.05, 0) is 11.6 Å². The molecular weight excluding hydrogens is 165 g/mol. The first-order valence-electron chi connectivity index (χ1n) is 2.15. The summed E-state index contributed by atoms with van der Waals surface area (Å²) in [6, 6.07) is -0.461. The average Bonchev–Trinajstić information content (AvgIpc) is 1.80.